The summed E-state index contributed by atoms with van der Waals surface area (Å²) in [5, 5.41) is 22.8. The molecule has 1 aromatic rings. The van der Waals surface area contributed by atoms with Crippen molar-refractivity contribution < 1.29 is 32.7 Å². The minimum absolute atomic E-state index is 0.231. The van der Waals surface area contributed by atoms with Crippen LogP contribution in [-0.2, 0) is 11.3 Å². The maximum Gasteiger partial charge on any atom is 0.422 e. The highest BCUT2D eigenvalue weighted by Gasteiger charge is 2.31. The van der Waals surface area contributed by atoms with E-state index in [2.05, 4.69) is 9.84 Å². The fourth-order valence-electron chi connectivity index (χ4n) is 1.22. The largest absolute Gasteiger partial charge is 0.481 e. The molecule has 1 aromatic heterocycles. The van der Waals surface area contributed by atoms with Gasteiger partial charge < -0.3 is 9.84 Å². The first-order valence-electron chi connectivity index (χ1n) is 5.24. The van der Waals surface area contributed by atoms with Gasteiger partial charge in [-0.3, -0.25) is 19.6 Å². The lowest BCUT2D eigenvalue weighted by molar-refractivity contribution is -0.386. The second-order valence-corrected chi connectivity index (χ2v) is 3.94. The van der Waals surface area contributed by atoms with Crippen molar-refractivity contribution in [2.45, 2.75) is 19.6 Å². The molecule has 0 aliphatic heterocycles. The standard InChI is InChI=1S/C9H10F3N3O5/c1-5(8(16)17)2-14-3-6(15(18)19)7(13-14)20-4-9(10,11)12/h3,5H,2,4H2,1H3,(H,16,17)/t5-/m0/s1. The van der Waals surface area contributed by atoms with Gasteiger partial charge >= 0.3 is 23.7 Å². The predicted molar refractivity (Wildman–Crippen MR) is 57.2 cm³/mol. The number of carboxylic acid groups (broad SMARTS) is 1. The van der Waals surface area contributed by atoms with Crippen molar-refractivity contribution >= 4 is 11.7 Å². The Morgan fingerprint density at radius 1 is 1.65 bits per heavy atom. The summed E-state index contributed by atoms with van der Waals surface area (Å²) in [5.41, 5.74) is -0.758. The lowest BCUT2D eigenvalue weighted by atomic mass is 10.2. The van der Waals surface area contributed by atoms with Gasteiger partial charge in [0.15, 0.2) is 6.61 Å². The van der Waals surface area contributed by atoms with Gasteiger partial charge in [-0.15, -0.1) is 5.10 Å². The van der Waals surface area contributed by atoms with E-state index < -0.39 is 41.2 Å². The Balaban J connectivity index is 2.90. The maximum atomic E-state index is 12.0. The molecule has 11 heteroatoms. The van der Waals surface area contributed by atoms with Crippen molar-refractivity contribution in [1.82, 2.24) is 9.78 Å². The van der Waals surface area contributed by atoms with E-state index >= 15 is 0 Å². The molecule has 1 atom stereocenters. The summed E-state index contributed by atoms with van der Waals surface area (Å²) in [7, 11) is 0. The Labute approximate surface area is 109 Å². The molecule has 0 amide bonds. The Bertz CT molecular complexity index is 513. The van der Waals surface area contributed by atoms with E-state index in [1.165, 1.54) is 6.92 Å². The molecule has 0 radical (unpaired) electrons. The van der Waals surface area contributed by atoms with Crippen LogP contribution in [0.25, 0.3) is 0 Å². The lowest BCUT2D eigenvalue weighted by Crippen LogP contribution is -2.20. The molecule has 0 bridgehead atoms. The highest BCUT2D eigenvalue weighted by molar-refractivity contribution is 5.69. The molecule has 112 valence electrons. The minimum Gasteiger partial charge on any atom is -0.481 e. The maximum absolute atomic E-state index is 12.0. The zero-order valence-corrected chi connectivity index (χ0v) is 10.1. The van der Waals surface area contributed by atoms with E-state index in [1.54, 1.807) is 0 Å². The van der Waals surface area contributed by atoms with E-state index in [1.807, 2.05) is 0 Å². The number of hydrogen-bond acceptors (Lipinski definition) is 5. The zero-order chi connectivity index (χ0) is 15.5. The van der Waals surface area contributed by atoms with Crippen molar-refractivity contribution in [3.8, 4) is 5.88 Å². The summed E-state index contributed by atoms with van der Waals surface area (Å²) in [6, 6.07) is 0. The zero-order valence-electron chi connectivity index (χ0n) is 10.1. The second kappa shape index (κ2) is 5.75. The Morgan fingerprint density at radius 2 is 2.25 bits per heavy atom. The number of alkyl halides is 3. The number of aliphatic carboxylic acids is 1. The third kappa shape index (κ3) is 4.40. The average molecular weight is 297 g/mol. The van der Waals surface area contributed by atoms with Gasteiger partial charge in [0.1, 0.15) is 6.20 Å². The van der Waals surface area contributed by atoms with Crippen molar-refractivity contribution in [2.24, 2.45) is 5.92 Å². The number of hydrogen-bond donors (Lipinski definition) is 1. The van der Waals surface area contributed by atoms with Gasteiger partial charge in [-0.25, -0.2) is 0 Å². The Kier molecular flexibility index (Phi) is 4.53. The summed E-state index contributed by atoms with van der Waals surface area (Å²) >= 11 is 0. The minimum atomic E-state index is -4.66. The van der Waals surface area contributed by atoms with Crippen LogP contribution >= 0.6 is 0 Å². The average Bonchev–Trinajstić information content (AvgIpc) is 2.68. The number of carboxylic acids is 1. The Hall–Kier alpha value is -2.33. The van der Waals surface area contributed by atoms with E-state index in [4.69, 9.17) is 5.11 Å². The van der Waals surface area contributed by atoms with Crippen LogP contribution in [0.2, 0.25) is 0 Å². The quantitative estimate of drug-likeness (QED) is 0.629. The van der Waals surface area contributed by atoms with Crippen molar-refractivity contribution in [3.63, 3.8) is 0 Å². The molecule has 1 N–H and O–H groups in total. The van der Waals surface area contributed by atoms with Crippen molar-refractivity contribution in [1.29, 1.82) is 0 Å². The van der Waals surface area contributed by atoms with Crippen LogP contribution in [0, 0.1) is 16.0 Å². The molecule has 0 saturated carbocycles. The molecule has 0 aliphatic carbocycles. The highest BCUT2D eigenvalue weighted by Crippen LogP contribution is 2.27. The van der Waals surface area contributed by atoms with Crippen molar-refractivity contribution in [2.75, 3.05) is 6.61 Å². The second-order valence-electron chi connectivity index (χ2n) is 3.94. The predicted octanol–water partition coefficient (Wildman–Crippen LogP) is 1.45. The van der Waals surface area contributed by atoms with Crippen LogP contribution in [-0.4, -0.2) is 38.6 Å². The number of ether oxygens (including phenoxy) is 1. The molecular weight excluding hydrogens is 287 g/mol. The summed E-state index contributed by atoms with van der Waals surface area (Å²) in [4.78, 5) is 20.3. The van der Waals surface area contributed by atoms with Gasteiger partial charge in [0.25, 0.3) is 0 Å². The molecule has 1 rings (SSSR count). The van der Waals surface area contributed by atoms with Gasteiger partial charge in [0.2, 0.25) is 0 Å². The van der Waals surface area contributed by atoms with Gasteiger partial charge in [0.05, 0.1) is 17.4 Å². The van der Waals surface area contributed by atoms with Gasteiger partial charge in [-0.1, -0.05) is 6.92 Å². The monoisotopic (exact) mass is 297 g/mol. The topological polar surface area (TPSA) is 107 Å². The first-order chi connectivity index (χ1) is 9.10. The van der Waals surface area contributed by atoms with E-state index in [9.17, 15) is 28.1 Å². The molecule has 0 fully saturated rings. The number of nitrogens with zero attached hydrogens (tertiary/aromatic N) is 3. The summed E-state index contributed by atoms with van der Waals surface area (Å²) in [6.45, 7) is -0.628. The molecule has 0 spiro atoms. The molecule has 0 saturated heterocycles. The number of nitro groups is 1. The SMILES string of the molecule is C[C@@H](Cn1cc([N+](=O)[O-])c(OCC(F)(F)F)n1)C(=O)O. The molecule has 1 heterocycles. The molecule has 8 nitrogen and oxygen atoms in total. The molecule has 20 heavy (non-hydrogen) atoms. The van der Waals surface area contributed by atoms with Crippen LogP contribution in [0.5, 0.6) is 5.88 Å². The van der Waals surface area contributed by atoms with Crippen molar-refractivity contribution in [3.05, 3.63) is 16.3 Å². The van der Waals surface area contributed by atoms with Crippen LogP contribution in [0.15, 0.2) is 6.20 Å². The van der Waals surface area contributed by atoms with Crippen LogP contribution in [0.4, 0.5) is 18.9 Å². The molecule has 0 unspecified atom stereocenters. The van der Waals surface area contributed by atoms with E-state index in [0.29, 0.717) is 0 Å². The number of rotatable bonds is 6. The normalized spacial score (nSPS) is 13.0. The highest BCUT2D eigenvalue weighted by atomic mass is 19.4. The van der Waals surface area contributed by atoms with Gasteiger partial charge in [0, 0.05) is 0 Å². The van der Waals surface area contributed by atoms with E-state index in [0.717, 1.165) is 10.9 Å². The summed E-state index contributed by atoms with van der Waals surface area (Å²) < 4.78 is 41.1. The third-order valence-corrected chi connectivity index (χ3v) is 2.16. The number of carbonyl (C=O) groups is 1. The van der Waals surface area contributed by atoms with Gasteiger partial charge in [-0.05, 0) is 0 Å². The number of halogens is 3. The smallest absolute Gasteiger partial charge is 0.422 e. The van der Waals surface area contributed by atoms with Crippen LogP contribution < -0.4 is 4.74 Å². The lowest BCUT2D eigenvalue weighted by Gasteiger charge is -2.06. The fraction of sp³-hybridized carbons (Fsp3) is 0.556. The van der Waals surface area contributed by atoms with E-state index in [-0.39, 0.29) is 6.54 Å². The summed E-state index contributed by atoms with van der Waals surface area (Å²) in [6.07, 6.45) is -3.84. The molecule has 0 aliphatic rings. The summed E-state index contributed by atoms with van der Waals surface area (Å²) in [5.74, 6) is -2.88. The van der Waals surface area contributed by atoms with Crippen LogP contribution in [0.1, 0.15) is 6.92 Å². The first kappa shape index (κ1) is 15.7. The van der Waals surface area contributed by atoms with Gasteiger partial charge in [-0.2, -0.15) is 13.2 Å². The third-order valence-electron chi connectivity index (χ3n) is 2.16. The molecular formula is C9H10F3N3O5. The fourth-order valence-corrected chi connectivity index (χ4v) is 1.22. The number of aromatic nitrogens is 2. The first-order valence-corrected chi connectivity index (χ1v) is 5.24. The Morgan fingerprint density at radius 3 is 2.70 bits per heavy atom. The molecule has 0 aromatic carbocycles. The van der Waals surface area contributed by atoms with Crippen LogP contribution in [0.3, 0.4) is 0 Å².